The zero-order chi connectivity index (χ0) is 18.9. The van der Waals surface area contributed by atoms with Gasteiger partial charge in [-0.25, -0.2) is 4.79 Å². The quantitative estimate of drug-likeness (QED) is 0.675. The summed E-state index contributed by atoms with van der Waals surface area (Å²) in [6.45, 7) is 2.39. The number of urea groups is 1. The van der Waals surface area contributed by atoms with Gasteiger partial charge in [0.15, 0.2) is 11.5 Å². The number of ether oxygens (including phenoxy) is 3. The van der Waals surface area contributed by atoms with Crippen LogP contribution in [0.1, 0.15) is 19.3 Å². The summed E-state index contributed by atoms with van der Waals surface area (Å²) in [7, 11) is 1.61. The fraction of sp³-hybridized carbons (Fsp3) is 0.381. The first-order chi connectivity index (χ1) is 13.2. The number of carbonyl (C=O) groups excluding carboxylic acids is 1. The molecule has 1 saturated heterocycles. The Hall–Kier alpha value is -2.73. The summed E-state index contributed by atoms with van der Waals surface area (Å²) in [6.07, 6.45) is 3.19. The second kappa shape index (κ2) is 9.83. The fourth-order valence-corrected chi connectivity index (χ4v) is 3.02. The number of nitrogens with one attached hydrogen (secondary N) is 2. The summed E-state index contributed by atoms with van der Waals surface area (Å²) in [6, 6.07) is 14.5. The molecular formula is C21H26N2O4. The largest absolute Gasteiger partial charge is 0.493 e. The molecule has 0 aliphatic carbocycles. The average Bonchev–Trinajstić information content (AvgIpc) is 3.21. The third-order valence-corrected chi connectivity index (χ3v) is 4.51. The maximum atomic E-state index is 12.0. The molecular weight excluding hydrogens is 344 g/mol. The Kier molecular flexibility index (Phi) is 6.93. The molecule has 1 atom stereocenters. The highest BCUT2D eigenvalue weighted by molar-refractivity contribution is 5.89. The van der Waals surface area contributed by atoms with E-state index in [9.17, 15) is 4.79 Å². The zero-order valence-corrected chi connectivity index (χ0v) is 15.6. The summed E-state index contributed by atoms with van der Waals surface area (Å²) < 4.78 is 16.5. The van der Waals surface area contributed by atoms with Crippen molar-refractivity contribution in [2.45, 2.75) is 19.3 Å². The van der Waals surface area contributed by atoms with Crippen molar-refractivity contribution in [3.05, 3.63) is 48.5 Å². The Labute approximate surface area is 159 Å². The monoisotopic (exact) mass is 370 g/mol. The van der Waals surface area contributed by atoms with Gasteiger partial charge in [0.1, 0.15) is 5.75 Å². The normalized spacial score (nSPS) is 16.0. The van der Waals surface area contributed by atoms with Gasteiger partial charge in [-0.15, -0.1) is 0 Å². The Morgan fingerprint density at radius 2 is 1.93 bits per heavy atom. The third-order valence-electron chi connectivity index (χ3n) is 4.51. The SMILES string of the molecule is COc1ccccc1Oc1ccc(NC(=O)NCCCC2CCOC2)cc1. The Morgan fingerprint density at radius 1 is 1.15 bits per heavy atom. The molecule has 0 radical (unpaired) electrons. The Bertz CT molecular complexity index is 727. The number of carbonyl (C=O) groups is 1. The number of hydrogen-bond donors (Lipinski definition) is 2. The summed E-state index contributed by atoms with van der Waals surface area (Å²) >= 11 is 0. The second-order valence-electron chi connectivity index (χ2n) is 6.53. The molecule has 1 heterocycles. The minimum atomic E-state index is -0.198. The lowest BCUT2D eigenvalue weighted by atomic mass is 10.0. The van der Waals surface area contributed by atoms with Crippen molar-refractivity contribution in [2.75, 3.05) is 32.2 Å². The zero-order valence-electron chi connectivity index (χ0n) is 15.6. The van der Waals surface area contributed by atoms with Gasteiger partial charge in [-0.3, -0.25) is 0 Å². The average molecular weight is 370 g/mol. The molecule has 3 rings (SSSR count). The van der Waals surface area contributed by atoms with Crippen LogP contribution in [0.2, 0.25) is 0 Å². The smallest absolute Gasteiger partial charge is 0.319 e. The second-order valence-corrected chi connectivity index (χ2v) is 6.53. The van der Waals surface area contributed by atoms with Gasteiger partial charge in [0, 0.05) is 25.4 Å². The van der Waals surface area contributed by atoms with Gasteiger partial charge in [0.2, 0.25) is 0 Å². The lowest BCUT2D eigenvalue weighted by Gasteiger charge is -2.11. The maximum Gasteiger partial charge on any atom is 0.319 e. The number of anilines is 1. The van der Waals surface area contributed by atoms with Gasteiger partial charge in [-0.05, 0) is 61.6 Å². The first-order valence-electron chi connectivity index (χ1n) is 9.28. The molecule has 0 saturated carbocycles. The van der Waals surface area contributed by atoms with Gasteiger partial charge in [0.05, 0.1) is 7.11 Å². The predicted octanol–water partition coefficient (Wildman–Crippen LogP) is 4.43. The van der Waals surface area contributed by atoms with Crippen molar-refractivity contribution < 1.29 is 19.0 Å². The minimum absolute atomic E-state index is 0.198. The number of amides is 2. The minimum Gasteiger partial charge on any atom is -0.493 e. The Balaban J connectivity index is 1.42. The van der Waals surface area contributed by atoms with Crippen LogP contribution >= 0.6 is 0 Å². The van der Waals surface area contributed by atoms with Crippen LogP contribution in [0.5, 0.6) is 17.2 Å². The van der Waals surface area contributed by atoms with Gasteiger partial charge >= 0.3 is 6.03 Å². The molecule has 2 amide bonds. The molecule has 1 aliphatic heterocycles. The summed E-state index contributed by atoms with van der Waals surface area (Å²) in [5.74, 6) is 2.63. The van der Waals surface area contributed by atoms with E-state index in [4.69, 9.17) is 14.2 Å². The molecule has 27 heavy (non-hydrogen) atoms. The third kappa shape index (κ3) is 5.89. The molecule has 6 heteroatoms. The van der Waals surface area contributed by atoms with E-state index < -0.39 is 0 Å². The van der Waals surface area contributed by atoms with Gasteiger partial charge in [-0.2, -0.15) is 0 Å². The van der Waals surface area contributed by atoms with E-state index in [1.807, 2.05) is 36.4 Å². The number of rotatable bonds is 8. The van der Waals surface area contributed by atoms with Crippen molar-refractivity contribution >= 4 is 11.7 Å². The molecule has 6 nitrogen and oxygen atoms in total. The van der Waals surface area contributed by atoms with Crippen molar-refractivity contribution in [2.24, 2.45) is 5.92 Å². The molecule has 2 N–H and O–H groups in total. The highest BCUT2D eigenvalue weighted by Gasteiger charge is 2.14. The summed E-state index contributed by atoms with van der Waals surface area (Å²) in [5, 5.41) is 5.71. The van der Waals surface area contributed by atoms with Crippen LogP contribution in [-0.4, -0.2) is 32.9 Å². The standard InChI is InChI=1S/C21H26N2O4/c1-25-19-6-2-3-7-20(19)27-18-10-8-17(9-11-18)23-21(24)22-13-4-5-16-12-14-26-15-16/h2-3,6-11,16H,4-5,12-15H2,1H3,(H2,22,23,24). The highest BCUT2D eigenvalue weighted by atomic mass is 16.5. The van der Waals surface area contributed by atoms with Crippen LogP contribution in [0.25, 0.3) is 0 Å². The van der Waals surface area contributed by atoms with Crippen molar-refractivity contribution in [1.29, 1.82) is 0 Å². The summed E-state index contributed by atoms with van der Waals surface area (Å²) in [5.41, 5.74) is 0.712. The predicted molar refractivity (Wildman–Crippen MR) is 105 cm³/mol. The molecule has 0 aromatic heterocycles. The van der Waals surface area contributed by atoms with Gasteiger partial charge in [-0.1, -0.05) is 12.1 Å². The van der Waals surface area contributed by atoms with E-state index in [1.54, 1.807) is 19.2 Å². The van der Waals surface area contributed by atoms with Gasteiger partial charge in [0.25, 0.3) is 0 Å². The molecule has 2 aromatic rings. The maximum absolute atomic E-state index is 12.0. The van der Waals surface area contributed by atoms with Crippen LogP contribution in [0.15, 0.2) is 48.5 Å². The molecule has 1 fully saturated rings. The van der Waals surface area contributed by atoms with Crippen molar-refractivity contribution in [3.8, 4) is 17.2 Å². The van der Waals surface area contributed by atoms with Crippen LogP contribution in [-0.2, 0) is 4.74 Å². The number of para-hydroxylation sites is 2. The van der Waals surface area contributed by atoms with Crippen molar-refractivity contribution in [3.63, 3.8) is 0 Å². The van der Waals surface area contributed by atoms with Crippen LogP contribution in [0.3, 0.4) is 0 Å². The highest BCUT2D eigenvalue weighted by Crippen LogP contribution is 2.31. The number of methoxy groups -OCH3 is 1. The van der Waals surface area contributed by atoms with Gasteiger partial charge < -0.3 is 24.8 Å². The number of benzene rings is 2. The number of hydrogen-bond acceptors (Lipinski definition) is 4. The van der Waals surface area contributed by atoms with Crippen LogP contribution in [0, 0.1) is 5.92 Å². The fourth-order valence-electron chi connectivity index (χ4n) is 3.02. The van der Waals surface area contributed by atoms with E-state index >= 15 is 0 Å². The summed E-state index contributed by atoms with van der Waals surface area (Å²) in [4.78, 5) is 12.0. The van der Waals surface area contributed by atoms with Crippen molar-refractivity contribution in [1.82, 2.24) is 5.32 Å². The molecule has 1 aliphatic rings. The molecule has 2 aromatic carbocycles. The molecule has 1 unspecified atom stereocenters. The molecule has 0 bridgehead atoms. The first-order valence-corrected chi connectivity index (χ1v) is 9.28. The van der Waals surface area contributed by atoms with Crippen LogP contribution in [0.4, 0.5) is 10.5 Å². The lowest BCUT2D eigenvalue weighted by molar-refractivity contribution is 0.184. The topological polar surface area (TPSA) is 68.8 Å². The Morgan fingerprint density at radius 3 is 2.63 bits per heavy atom. The van der Waals surface area contributed by atoms with Crippen LogP contribution < -0.4 is 20.1 Å². The van der Waals surface area contributed by atoms with E-state index in [0.717, 1.165) is 32.5 Å². The van der Waals surface area contributed by atoms with E-state index in [0.29, 0.717) is 35.4 Å². The lowest BCUT2D eigenvalue weighted by Crippen LogP contribution is -2.29. The molecule has 0 spiro atoms. The molecule has 144 valence electrons. The van der Waals surface area contributed by atoms with E-state index in [1.165, 1.54) is 0 Å². The van der Waals surface area contributed by atoms with E-state index in [2.05, 4.69) is 10.6 Å². The van der Waals surface area contributed by atoms with E-state index in [-0.39, 0.29) is 6.03 Å². The first kappa shape index (κ1) is 19.0.